The zero-order valence-electron chi connectivity index (χ0n) is 16.4. The van der Waals surface area contributed by atoms with Crippen molar-refractivity contribution < 1.29 is 54.0 Å². The maximum absolute atomic E-state index is 12.4. The van der Waals surface area contributed by atoms with Gasteiger partial charge in [0, 0.05) is 6.42 Å². The lowest BCUT2D eigenvalue weighted by atomic mass is 10.1. The first-order chi connectivity index (χ1) is 14.2. The van der Waals surface area contributed by atoms with Crippen LogP contribution < -0.4 is 21.7 Å². The molecule has 0 saturated carbocycles. The molecule has 0 aromatic heterocycles. The Morgan fingerprint density at radius 1 is 0.710 bits per heavy atom. The fourth-order valence-corrected chi connectivity index (χ4v) is 2.10. The lowest BCUT2D eigenvalue weighted by Crippen LogP contribution is -2.57. The van der Waals surface area contributed by atoms with Crippen molar-refractivity contribution in [3.8, 4) is 0 Å². The van der Waals surface area contributed by atoms with Crippen LogP contribution in [0.2, 0.25) is 0 Å². The second-order valence-electron chi connectivity index (χ2n) is 6.43. The highest BCUT2D eigenvalue weighted by Crippen LogP contribution is 2.02. The maximum atomic E-state index is 12.4. The lowest BCUT2D eigenvalue weighted by molar-refractivity contribution is -0.144. The Labute approximate surface area is 175 Å². The number of carbonyl (C=O) groups excluding carboxylic acids is 3. The quantitative estimate of drug-likeness (QED) is 0.130. The first kappa shape index (κ1) is 27.2. The normalized spacial score (nSPS) is 14.3. The Hall–Kier alpha value is -3.75. The summed E-state index contributed by atoms with van der Waals surface area (Å²) >= 11 is 0. The van der Waals surface area contributed by atoms with Crippen LogP contribution in [0.5, 0.6) is 0 Å². The minimum atomic E-state index is -1.78. The van der Waals surface area contributed by atoms with Crippen LogP contribution in [0.4, 0.5) is 0 Å². The van der Waals surface area contributed by atoms with Crippen molar-refractivity contribution in [1.29, 1.82) is 0 Å². The van der Waals surface area contributed by atoms with Crippen LogP contribution in [0.25, 0.3) is 0 Å². The second kappa shape index (κ2) is 12.7. The molecular formula is C16H24N4O11. The zero-order valence-corrected chi connectivity index (χ0v) is 16.4. The van der Waals surface area contributed by atoms with Gasteiger partial charge >= 0.3 is 23.9 Å². The number of nitrogens with one attached hydrogen (secondary N) is 3. The Morgan fingerprint density at radius 2 is 1.13 bits per heavy atom. The van der Waals surface area contributed by atoms with Gasteiger partial charge in [-0.05, 0) is 13.3 Å². The summed E-state index contributed by atoms with van der Waals surface area (Å²) in [5.74, 6) is -9.17. The average Bonchev–Trinajstić information content (AvgIpc) is 2.63. The molecule has 0 rings (SSSR count). The predicted molar refractivity (Wildman–Crippen MR) is 98.5 cm³/mol. The number of hydrogen-bond donors (Lipinski definition) is 8. The van der Waals surface area contributed by atoms with E-state index < -0.39 is 85.0 Å². The third kappa shape index (κ3) is 11.1. The molecule has 15 heteroatoms. The zero-order chi connectivity index (χ0) is 24.3. The smallest absolute Gasteiger partial charge is 0.325 e. The summed E-state index contributed by atoms with van der Waals surface area (Å²) < 4.78 is 0. The summed E-state index contributed by atoms with van der Waals surface area (Å²) in [6.45, 7) is 1.09. The Kier molecular flexibility index (Phi) is 11.2. The van der Waals surface area contributed by atoms with Crippen molar-refractivity contribution in [3.05, 3.63) is 0 Å². The standard InChI is InChI=1S/C16H24N4O11/c1-6(16(30)31)18-14(28)8(4-11(23)24)20-15(29)9(5-12(25)26)19-13(27)7(17)2-3-10(21)22/h6-9H,2-5,17H2,1H3,(H,18,28)(H,19,27)(H,20,29)(H,21,22)(H,23,24)(H,25,26)(H,30,31). The van der Waals surface area contributed by atoms with E-state index in [2.05, 4.69) is 0 Å². The fourth-order valence-electron chi connectivity index (χ4n) is 2.10. The molecule has 0 bridgehead atoms. The predicted octanol–water partition coefficient (Wildman–Crippen LogP) is -3.31. The van der Waals surface area contributed by atoms with Gasteiger partial charge in [-0.25, -0.2) is 0 Å². The number of amides is 3. The van der Waals surface area contributed by atoms with Gasteiger partial charge in [0.15, 0.2) is 0 Å². The minimum Gasteiger partial charge on any atom is -0.481 e. The number of aliphatic carboxylic acids is 4. The van der Waals surface area contributed by atoms with E-state index in [1.54, 1.807) is 0 Å². The fraction of sp³-hybridized carbons (Fsp3) is 0.562. The molecule has 3 amide bonds. The van der Waals surface area contributed by atoms with E-state index in [9.17, 15) is 33.6 Å². The van der Waals surface area contributed by atoms with Crippen LogP contribution in [0.15, 0.2) is 0 Å². The summed E-state index contributed by atoms with van der Waals surface area (Å²) in [7, 11) is 0. The highest BCUT2D eigenvalue weighted by Gasteiger charge is 2.31. The number of rotatable bonds is 14. The van der Waals surface area contributed by atoms with Gasteiger partial charge in [0.25, 0.3) is 0 Å². The van der Waals surface area contributed by atoms with Gasteiger partial charge < -0.3 is 42.1 Å². The van der Waals surface area contributed by atoms with E-state index >= 15 is 0 Å². The van der Waals surface area contributed by atoms with Gasteiger partial charge in [-0.2, -0.15) is 0 Å². The van der Waals surface area contributed by atoms with E-state index in [1.807, 2.05) is 16.0 Å². The van der Waals surface area contributed by atoms with Gasteiger partial charge in [-0.15, -0.1) is 0 Å². The van der Waals surface area contributed by atoms with Crippen LogP contribution in [0.1, 0.15) is 32.6 Å². The largest absolute Gasteiger partial charge is 0.481 e. The average molecular weight is 448 g/mol. The molecule has 0 aromatic rings. The SMILES string of the molecule is CC(NC(=O)C(CC(=O)O)NC(=O)C(CC(=O)O)NC(=O)C(N)CCC(=O)O)C(=O)O. The molecule has 4 atom stereocenters. The van der Waals surface area contributed by atoms with Crippen molar-refractivity contribution >= 4 is 41.6 Å². The van der Waals surface area contributed by atoms with Crippen molar-refractivity contribution in [2.45, 2.75) is 56.8 Å². The van der Waals surface area contributed by atoms with E-state index in [1.165, 1.54) is 0 Å². The number of carboxylic acid groups (broad SMARTS) is 4. The molecule has 0 saturated heterocycles. The van der Waals surface area contributed by atoms with Crippen molar-refractivity contribution in [2.24, 2.45) is 5.73 Å². The number of hydrogen-bond acceptors (Lipinski definition) is 8. The second-order valence-corrected chi connectivity index (χ2v) is 6.43. The Bertz CT molecular complexity index is 739. The van der Waals surface area contributed by atoms with Gasteiger partial charge in [0.1, 0.15) is 18.1 Å². The first-order valence-electron chi connectivity index (χ1n) is 8.79. The van der Waals surface area contributed by atoms with Gasteiger partial charge in [0.2, 0.25) is 17.7 Å². The summed E-state index contributed by atoms with van der Waals surface area (Å²) in [5.41, 5.74) is 5.49. The van der Waals surface area contributed by atoms with E-state index in [-0.39, 0.29) is 6.42 Å². The van der Waals surface area contributed by atoms with E-state index in [4.69, 9.17) is 26.2 Å². The molecule has 174 valence electrons. The summed E-state index contributed by atoms with van der Waals surface area (Å²) in [4.78, 5) is 79.9. The summed E-state index contributed by atoms with van der Waals surface area (Å²) in [6.07, 6.45) is -2.70. The molecule has 0 fully saturated rings. The van der Waals surface area contributed by atoms with Crippen molar-refractivity contribution in [1.82, 2.24) is 16.0 Å². The Balaban J connectivity index is 5.36. The number of nitrogens with two attached hydrogens (primary N) is 1. The van der Waals surface area contributed by atoms with Crippen LogP contribution >= 0.6 is 0 Å². The van der Waals surface area contributed by atoms with Crippen LogP contribution in [-0.2, 0) is 33.6 Å². The van der Waals surface area contributed by atoms with E-state index in [0.717, 1.165) is 6.92 Å². The van der Waals surface area contributed by atoms with Gasteiger partial charge in [-0.1, -0.05) is 0 Å². The summed E-state index contributed by atoms with van der Waals surface area (Å²) in [6, 6.07) is -6.35. The molecule has 0 aliphatic rings. The molecule has 9 N–H and O–H groups in total. The molecule has 0 spiro atoms. The maximum Gasteiger partial charge on any atom is 0.325 e. The van der Waals surface area contributed by atoms with Crippen molar-refractivity contribution in [3.63, 3.8) is 0 Å². The molecular weight excluding hydrogens is 424 g/mol. The van der Waals surface area contributed by atoms with Crippen molar-refractivity contribution in [2.75, 3.05) is 0 Å². The minimum absolute atomic E-state index is 0.306. The summed E-state index contributed by atoms with van der Waals surface area (Å²) in [5, 5.41) is 41.2. The molecule has 31 heavy (non-hydrogen) atoms. The topological polar surface area (TPSA) is 263 Å². The molecule has 0 heterocycles. The highest BCUT2D eigenvalue weighted by molar-refractivity contribution is 5.96. The number of carboxylic acids is 4. The molecule has 15 nitrogen and oxygen atoms in total. The third-order valence-electron chi connectivity index (χ3n) is 3.76. The van der Waals surface area contributed by atoms with Crippen LogP contribution in [-0.4, -0.2) is 86.2 Å². The lowest BCUT2D eigenvalue weighted by Gasteiger charge is -2.23. The monoisotopic (exact) mass is 448 g/mol. The van der Waals surface area contributed by atoms with E-state index in [0.29, 0.717) is 0 Å². The molecule has 0 aliphatic carbocycles. The number of carbonyl (C=O) groups is 7. The van der Waals surface area contributed by atoms with Crippen LogP contribution in [0, 0.1) is 0 Å². The third-order valence-corrected chi connectivity index (χ3v) is 3.76. The first-order valence-corrected chi connectivity index (χ1v) is 8.79. The van der Waals surface area contributed by atoms with Gasteiger partial charge in [0.05, 0.1) is 18.9 Å². The highest BCUT2D eigenvalue weighted by atomic mass is 16.4. The van der Waals surface area contributed by atoms with Crippen LogP contribution in [0.3, 0.4) is 0 Å². The molecule has 0 aromatic carbocycles. The Morgan fingerprint density at radius 3 is 1.52 bits per heavy atom. The molecule has 4 unspecified atom stereocenters. The molecule has 0 aliphatic heterocycles. The van der Waals surface area contributed by atoms with Gasteiger partial charge in [-0.3, -0.25) is 33.6 Å². The molecule has 0 radical (unpaired) electrons.